The highest BCUT2D eigenvalue weighted by Gasteiger charge is 2.02. The van der Waals surface area contributed by atoms with Crippen molar-refractivity contribution in [3.63, 3.8) is 0 Å². The van der Waals surface area contributed by atoms with Crippen LogP contribution >= 0.6 is 12.2 Å². The zero-order valence-electron chi connectivity index (χ0n) is 7.52. The molecule has 0 atom stereocenters. The van der Waals surface area contributed by atoms with Crippen molar-refractivity contribution >= 4 is 12.2 Å². The van der Waals surface area contributed by atoms with Gasteiger partial charge in [-0.3, -0.25) is 5.10 Å². The molecule has 0 saturated carbocycles. The molecular formula is C9H6N4OS. The number of nitriles is 1. The summed E-state index contributed by atoms with van der Waals surface area (Å²) in [6.07, 6.45) is 0. The average Bonchev–Trinajstić information content (AvgIpc) is 2.59. The van der Waals surface area contributed by atoms with E-state index in [9.17, 15) is 4.79 Å². The molecule has 1 aromatic carbocycles. The lowest BCUT2D eigenvalue weighted by atomic mass is 10.2. The van der Waals surface area contributed by atoms with Crippen LogP contribution in [0.3, 0.4) is 0 Å². The summed E-state index contributed by atoms with van der Waals surface area (Å²) in [7, 11) is 0. The maximum Gasteiger partial charge on any atom is 0.347 e. The Hall–Kier alpha value is -2.13. The average molecular weight is 218 g/mol. The van der Waals surface area contributed by atoms with Crippen LogP contribution in [0.4, 0.5) is 0 Å². The molecule has 0 fully saturated rings. The van der Waals surface area contributed by atoms with Crippen LogP contribution in [0.25, 0.3) is 5.69 Å². The van der Waals surface area contributed by atoms with Crippen LogP contribution in [0, 0.1) is 16.1 Å². The van der Waals surface area contributed by atoms with E-state index in [2.05, 4.69) is 10.2 Å². The van der Waals surface area contributed by atoms with Gasteiger partial charge in [0, 0.05) is 0 Å². The number of benzene rings is 1. The van der Waals surface area contributed by atoms with Crippen LogP contribution in [-0.4, -0.2) is 14.8 Å². The first kappa shape index (κ1) is 9.43. The van der Waals surface area contributed by atoms with Crippen LogP contribution in [-0.2, 0) is 0 Å². The van der Waals surface area contributed by atoms with E-state index in [4.69, 9.17) is 17.5 Å². The number of aromatic nitrogens is 3. The number of nitrogens with zero attached hydrogens (tertiary/aromatic N) is 2. The molecule has 2 rings (SSSR count). The maximum absolute atomic E-state index is 11.3. The van der Waals surface area contributed by atoms with E-state index in [-0.39, 0.29) is 5.69 Å². The third-order valence-corrected chi connectivity index (χ3v) is 2.22. The summed E-state index contributed by atoms with van der Waals surface area (Å²) in [5.74, 6) is 0. The van der Waals surface area contributed by atoms with Gasteiger partial charge in [-0.1, -0.05) is 0 Å². The number of H-pyrrole nitrogens is 2. The summed E-state index contributed by atoms with van der Waals surface area (Å²) in [4.78, 5) is 11.3. The van der Waals surface area contributed by atoms with Crippen LogP contribution in [0.5, 0.6) is 0 Å². The fourth-order valence-electron chi connectivity index (χ4n) is 1.23. The van der Waals surface area contributed by atoms with Gasteiger partial charge >= 0.3 is 5.69 Å². The molecule has 15 heavy (non-hydrogen) atoms. The Morgan fingerprint density at radius 2 is 1.93 bits per heavy atom. The number of nitrogens with one attached hydrogen (secondary N) is 2. The Bertz CT molecular complexity index is 598. The van der Waals surface area contributed by atoms with Crippen molar-refractivity contribution in [3.8, 4) is 11.8 Å². The Kier molecular flexibility index (Phi) is 2.23. The molecule has 2 aromatic rings. The molecular weight excluding hydrogens is 212 g/mol. The predicted octanol–water partition coefficient (Wildman–Crippen LogP) is 1.09. The van der Waals surface area contributed by atoms with Gasteiger partial charge in [0.15, 0.2) is 0 Å². The zero-order chi connectivity index (χ0) is 10.8. The van der Waals surface area contributed by atoms with Crippen molar-refractivity contribution in [2.45, 2.75) is 0 Å². The van der Waals surface area contributed by atoms with Crippen molar-refractivity contribution in [2.75, 3.05) is 0 Å². The highest BCUT2D eigenvalue weighted by atomic mass is 32.1. The standard InChI is InChI=1S/C9H6N4OS/c10-5-6-1-3-7(4-2-6)13-8(14)11-12-9(13)15/h1-4H,(H,11,14)(H,12,15). The van der Waals surface area contributed by atoms with E-state index >= 15 is 0 Å². The molecule has 74 valence electrons. The second kappa shape index (κ2) is 3.55. The van der Waals surface area contributed by atoms with Gasteiger partial charge in [-0.05, 0) is 36.5 Å². The first-order chi connectivity index (χ1) is 7.22. The Balaban J connectivity index is 2.61. The third-order valence-electron chi connectivity index (χ3n) is 1.94. The molecule has 2 N–H and O–H groups in total. The summed E-state index contributed by atoms with van der Waals surface area (Å²) in [5.41, 5.74) is 0.837. The monoisotopic (exact) mass is 218 g/mol. The lowest BCUT2D eigenvalue weighted by Gasteiger charge is -1.98. The quantitative estimate of drug-likeness (QED) is 0.703. The molecule has 0 aliphatic heterocycles. The van der Waals surface area contributed by atoms with Gasteiger partial charge in [-0.2, -0.15) is 5.26 Å². The van der Waals surface area contributed by atoms with E-state index in [1.54, 1.807) is 24.3 Å². The van der Waals surface area contributed by atoms with Crippen molar-refractivity contribution in [2.24, 2.45) is 0 Å². The minimum atomic E-state index is -0.329. The zero-order valence-corrected chi connectivity index (χ0v) is 8.34. The second-order valence-corrected chi connectivity index (χ2v) is 3.24. The van der Waals surface area contributed by atoms with E-state index in [0.29, 0.717) is 16.0 Å². The molecule has 0 unspecified atom stereocenters. The Labute approximate surface area is 89.6 Å². The summed E-state index contributed by atoms with van der Waals surface area (Å²) in [6.45, 7) is 0. The van der Waals surface area contributed by atoms with E-state index in [1.807, 2.05) is 6.07 Å². The van der Waals surface area contributed by atoms with Gasteiger partial charge in [0.25, 0.3) is 0 Å². The number of aromatic amines is 2. The van der Waals surface area contributed by atoms with Crippen molar-refractivity contribution in [1.82, 2.24) is 14.8 Å². The smallest absolute Gasteiger partial charge is 0.272 e. The molecule has 0 bridgehead atoms. The first-order valence-electron chi connectivity index (χ1n) is 4.12. The highest BCUT2D eigenvalue weighted by Crippen LogP contribution is 2.06. The minimum absolute atomic E-state index is 0.296. The molecule has 5 nitrogen and oxygen atoms in total. The highest BCUT2D eigenvalue weighted by molar-refractivity contribution is 7.71. The lowest BCUT2D eigenvalue weighted by molar-refractivity contribution is 0.975. The largest absolute Gasteiger partial charge is 0.347 e. The second-order valence-electron chi connectivity index (χ2n) is 2.85. The molecule has 0 amide bonds. The predicted molar refractivity (Wildman–Crippen MR) is 56.3 cm³/mol. The molecule has 0 spiro atoms. The van der Waals surface area contributed by atoms with Crippen molar-refractivity contribution in [1.29, 1.82) is 5.26 Å². The normalized spacial score (nSPS) is 9.80. The van der Waals surface area contributed by atoms with Gasteiger partial charge in [0.1, 0.15) is 0 Å². The van der Waals surface area contributed by atoms with E-state index < -0.39 is 0 Å². The number of rotatable bonds is 1. The van der Waals surface area contributed by atoms with Crippen LogP contribution in [0.15, 0.2) is 29.1 Å². The maximum atomic E-state index is 11.3. The SMILES string of the molecule is N#Cc1ccc(-n2c(=O)[nH][nH]c2=S)cc1. The van der Waals surface area contributed by atoms with Gasteiger partial charge in [-0.25, -0.2) is 14.5 Å². The van der Waals surface area contributed by atoms with Crippen LogP contribution in [0.2, 0.25) is 0 Å². The number of hydrogen-bond donors (Lipinski definition) is 2. The summed E-state index contributed by atoms with van der Waals surface area (Å²) in [5, 5.41) is 13.5. The molecule has 1 heterocycles. The van der Waals surface area contributed by atoms with Crippen molar-refractivity contribution in [3.05, 3.63) is 45.1 Å². The molecule has 0 saturated heterocycles. The summed E-state index contributed by atoms with van der Waals surface area (Å²) >= 11 is 4.93. The minimum Gasteiger partial charge on any atom is -0.272 e. The van der Waals surface area contributed by atoms with Crippen molar-refractivity contribution < 1.29 is 0 Å². The Morgan fingerprint density at radius 1 is 1.27 bits per heavy atom. The van der Waals surface area contributed by atoms with Gasteiger partial charge in [0.05, 0.1) is 17.3 Å². The molecule has 0 aliphatic carbocycles. The van der Waals surface area contributed by atoms with Crippen LogP contribution < -0.4 is 5.69 Å². The summed E-state index contributed by atoms with van der Waals surface area (Å²) in [6, 6.07) is 8.58. The van der Waals surface area contributed by atoms with Gasteiger partial charge in [-0.15, -0.1) is 0 Å². The third kappa shape index (κ3) is 1.60. The first-order valence-corrected chi connectivity index (χ1v) is 4.53. The van der Waals surface area contributed by atoms with Crippen LogP contribution in [0.1, 0.15) is 5.56 Å². The van der Waals surface area contributed by atoms with E-state index in [1.165, 1.54) is 4.57 Å². The molecule has 6 heteroatoms. The lowest BCUT2D eigenvalue weighted by Crippen LogP contribution is -2.14. The fourth-order valence-corrected chi connectivity index (χ4v) is 1.47. The fraction of sp³-hybridized carbons (Fsp3) is 0. The number of hydrogen-bond acceptors (Lipinski definition) is 3. The van der Waals surface area contributed by atoms with Gasteiger partial charge in [0.2, 0.25) is 4.77 Å². The Morgan fingerprint density at radius 3 is 2.40 bits per heavy atom. The summed E-state index contributed by atoms with van der Waals surface area (Å²) < 4.78 is 1.61. The van der Waals surface area contributed by atoms with Gasteiger partial charge < -0.3 is 0 Å². The molecule has 0 aliphatic rings. The topological polar surface area (TPSA) is 77.4 Å². The molecule has 0 radical (unpaired) electrons. The van der Waals surface area contributed by atoms with E-state index in [0.717, 1.165) is 0 Å². The molecule has 1 aromatic heterocycles.